The van der Waals surface area contributed by atoms with Crippen LogP contribution in [0.4, 0.5) is 11.4 Å². The van der Waals surface area contributed by atoms with E-state index in [4.69, 9.17) is 0 Å². The Balaban J connectivity index is 1.51. The van der Waals surface area contributed by atoms with E-state index in [0.29, 0.717) is 18.6 Å². The van der Waals surface area contributed by atoms with Crippen LogP contribution in [0.3, 0.4) is 0 Å². The van der Waals surface area contributed by atoms with Gasteiger partial charge in [-0.3, -0.25) is 19.9 Å². The van der Waals surface area contributed by atoms with Gasteiger partial charge in [-0.05, 0) is 24.3 Å². The van der Waals surface area contributed by atoms with Crippen LogP contribution in [0.1, 0.15) is 10.5 Å². The average molecular weight is 337 g/mol. The maximum Gasteiger partial charge on any atom is 0.271 e. The lowest BCUT2D eigenvalue weighted by Gasteiger charge is -2.08. The molecule has 1 amide bonds. The van der Waals surface area contributed by atoms with Crippen LogP contribution < -0.4 is 10.6 Å². The molecule has 0 aliphatic carbocycles. The lowest BCUT2D eigenvalue weighted by Crippen LogP contribution is -2.29. The van der Waals surface area contributed by atoms with Crippen molar-refractivity contribution in [1.29, 1.82) is 0 Å². The largest absolute Gasteiger partial charge is 0.383 e. The third-order valence-corrected chi connectivity index (χ3v) is 3.50. The van der Waals surface area contributed by atoms with Crippen LogP contribution in [0.15, 0.2) is 54.7 Å². The molecule has 2 aromatic carbocycles. The van der Waals surface area contributed by atoms with E-state index in [1.165, 1.54) is 18.3 Å². The number of nitrogens with zero attached hydrogens (tertiary/aromatic N) is 3. The van der Waals surface area contributed by atoms with Crippen LogP contribution in [0, 0.1) is 10.1 Å². The number of carbonyl (C=O) groups is 1. The highest BCUT2D eigenvalue weighted by Gasteiger charge is 2.08. The summed E-state index contributed by atoms with van der Waals surface area (Å²) in [6.45, 7) is 0.856. The predicted octanol–water partition coefficient (Wildman–Crippen LogP) is 2.38. The van der Waals surface area contributed by atoms with Gasteiger partial charge in [0.2, 0.25) is 0 Å². The number of nitro groups is 1. The Bertz CT molecular complexity index is 912. The van der Waals surface area contributed by atoms with Crippen molar-refractivity contribution < 1.29 is 9.72 Å². The predicted molar refractivity (Wildman–Crippen MR) is 93.5 cm³/mol. The van der Waals surface area contributed by atoms with Gasteiger partial charge in [0.05, 0.1) is 22.2 Å². The normalized spacial score (nSPS) is 10.4. The van der Waals surface area contributed by atoms with Gasteiger partial charge in [-0.25, -0.2) is 4.98 Å². The summed E-state index contributed by atoms with van der Waals surface area (Å²) in [6.07, 6.45) is 1.45. The molecule has 1 aromatic heterocycles. The van der Waals surface area contributed by atoms with Gasteiger partial charge in [0, 0.05) is 30.9 Å². The highest BCUT2D eigenvalue weighted by molar-refractivity contribution is 5.93. The summed E-state index contributed by atoms with van der Waals surface area (Å²) in [4.78, 5) is 30.7. The van der Waals surface area contributed by atoms with Gasteiger partial charge < -0.3 is 10.6 Å². The number of hydrogen-bond acceptors (Lipinski definition) is 6. The molecule has 0 fully saturated rings. The van der Waals surface area contributed by atoms with Crippen molar-refractivity contribution in [2.75, 3.05) is 18.4 Å². The fraction of sp³-hybridized carbons (Fsp3) is 0.118. The number of fused-ring (bicyclic) bond motifs is 1. The van der Waals surface area contributed by atoms with Gasteiger partial charge >= 0.3 is 0 Å². The molecular formula is C17H15N5O3. The van der Waals surface area contributed by atoms with Crippen molar-refractivity contribution in [1.82, 2.24) is 15.3 Å². The zero-order chi connectivity index (χ0) is 17.6. The molecule has 0 saturated heterocycles. The smallest absolute Gasteiger partial charge is 0.271 e. The summed E-state index contributed by atoms with van der Waals surface area (Å²) < 4.78 is 0. The fourth-order valence-corrected chi connectivity index (χ4v) is 2.24. The molecule has 0 spiro atoms. The van der Waals surface area contributed by atoms with Crippen LogP contribution in [0.25, 0.3) is 11.0 Å². The minimum absolute atomic E-state index is 0.0359. The Kier molecular flexibility index (Phi) is 4.79. The number of non-ortho nitro benzene ring substituents is 1. The Morgan fingerprint density at radius 1 is 1.04 bits per heavy atom. The zero-order valence-electron chi connectivity index (χ0n) is 13.2. The van der Waals surface area contributed by atoms with E-state index in [2.05, 4.69) is 20.6 Å². The fourth-order valence-electron chi connectivity index (χ4n) is 2.24. The molecule has 3 aromatic rings. The quantitative estimate of drug-likeness (QED) is 0.406. The van der Waals surface area contributed by atoms with Crippen LogP contribution in [0.5, 0.6) is 0 Å². The number of hydrogen-bond donors (Lipinski definition) is 2. The molecule has 0 bridgehead atoms. The second-order valence-corrected chi connectivity index (χ2v) is 5.23. The van der Waals surface area contributed by atoms with Crippen molar-refractivity contribution in [3.05, 3.63) is 70.5 Å². The topological polar surface area (TPSA) is 110 Å². The van der Waals surface area contributed by atoms with Crippen molar-refractivity contribution in [2.45, 2.75) is 0 Å². The number of rotatable bonds is 6. The van der Waals surface area contributed by atoms with E-state index in [0.717, 1.165) is 11.2 Å². The molecule has 1 heterocycles. The molecule has 0 saturated carbocycles. The number of amides is 1. The summed E-state index contributed by atoms with van der Waals surface area (Å²) in [7, 11) is 0. The summed E-state index contributed by atoms with van der Waals surface area (Å²) in [5, 5.41) is 16.4. The minimum Gasteiger partial charge on any atom is -0.383 e. The molecule has 8 nitrogen and oxygen atoms in total. The highest BCUT2D eigenvalue weighted by Crippen LogP contribution is 2.14. The molecule has 0 atom stereocenters. The molecule has 0 radical (unpaired) electrons. The van der Waals surface area contributed by atoms with Gasteiger partial charge in [0.15, 0.2) is 0 Å². The average Bonchev–Trinajstić information content (AvgIpc) is 2.65. The number of benzene rings is 2. The Labute approximate surface area is 143 Å². The molecule has 8 heteroatoms. The second kappa shape index (κ2) is 7.35. The van der Waals surface area contributed by atoms with Gasteiger partial charge in [0.1, 0.15) is 5.69 Å². The summed E-state index contributed by atoms with van der Waals surface area (Å²) >= 11 is 0. The molecule has 0 unspecified atom stereocenters. The maximum absolute atomic E-state index is 12.1. The Hall–Kier alpha value is -3.55. The number of nitrogens with one attached hydrogen (secondary N) is 2. The van der Waals surface area contributed by atoms with E-state index < -0.39 is 4.92 Å². The third-order valence-electron chi connectivity index (χ3n) is 3.50. The van der Waals surface area contributed by atoms with Crippen molar-refractivity contribution in [2.24, 2.45) is 0 Å². The van der Waals surface area contributed by atoms with E-state index in [9.17, 15) is 14.9 Å². The summed E-state index contributed by atoms with van der Waals surface area (Å²) in [5.41, 5.74) is 2.44. The lowest BCUT2D eigenvalue weighted by atomic mass is 10.3. The molecule has 25 heavy (non-hydrogen) atoms. The highest BCUT2D eigenvalue weighted by atomic mass is 16.6. The van der Waals surface area contributed by atoms with Crippen LogP contribution in [-0.2, 0) is 0 Å². The van der Waals surface area contributed by atoms with Gasteiger partial charge in [0.25, 0.3) is 11.6 Å². The minimum atomic E-state index is -0.450. The molecular weight excluding hydrogens is 322 g/mol. The second-order valence-electron chi connectivity index (χ2n) is 5.23. The number of para-hydroxylation sites is 2. The molecule has 126 valence electrons. The van der Waals surface area contributed by atoms with E-state index in [-0.39, 0.29) is 17.3 Å². The molecule has 0 aliphatic heterocycles. The number of nitro benzene ring substituents is 1. The van der Waals surface area contributed by atoms with E-state index >= 15 is 0 Å². The monoisotopic (exact) mass is 337 g/mol. The van der Waals surface area contributed by atoms with Crippen LogP contribution in [0.2, 0.25) is 0 Å². The van der Waals surface area contributed by atoms with E-state index in [1.54, 1.807) is 18.2 Å². The molecule has 0 aliphatic rings. The first-order valence-electron chi connectivity index (χ1n) is 7.62. The van der Waals surface area contributed by atoms with Crippen molar-refractivity contribution in [3.8, 4) is 0 Å². The number of carbonyl (C=O) groups excluding carboxylic acids is 1. The molecule has 3 rings (SSSR count). The first-order chi connectivity index (χ1) is 12.1. The summed E-state index contributed by atoms with van der Waals surface area (Å²) in [6, 6.07) is 13.4. The zero-order valence-corrected chi connectivity index (χ0v) is 13.2. The van der Waals surface area contributed by atoms with E-state index in [1.807, 2.05) is 18.2 Å². The van der Waals surface area contributed by atoms with Gasteiger partial charge in [-0.2, -0.15) is 0 Å². The Morgan fingerprint density at radius 3 is 2.48 bits per heavy atom. The maximum atomic E-state index is 12.1. The SMILES string of the molecule is O=C(NCCNc1ccc([N+](=O)[O-])cc1)c1cnc2ccccc2n1. The number of anilines is 1. The Morgan fingerprint density at radius 2 is 1.76 bits per heavy atom. The van der Waals surface area contributed by atoms with Crippen molar-refractivity contribution in [3.63, 3.8) is 0 Å². The lowest BCUT2D eigenvalue weighted by molar-refractivity contribution is -0.384. The molecule has 2 N–H and O–H groups in total. The van der Waals surface area contributed by atoms with Crippen LogP contribution >= 0.6 is 0 Å². The summed E-state index contributed by atoms with van der Waals surface area (Å²) in [5.74, 6) is -0.302. The van der Waals surface area contributed by atoms with Crippen molar-refractivity contribution >= 4 is 28.3 Å². The van der Waals surface area contributed by atoms with Crippen LogP contribution in [-0.4, -0.2) is 33.9 Å². The van der Waals surface area contributed by atoms with Gasteiger partial charge in [-0.15, -0.1) is 0 Å². The first-order valence-corrected chi connectivity index (χ1v) is 7.62. The third kappa shape index (κ3) is 4.05. The first kappa shape index (κ1) is 16.3. The standard InChI is InChI=1S/C17H15N5O3/c23-17(16-11-20-14-3-1-2-4-15(14)21-16)19-10-9-18-12-5-7-13(8-6-12)22(24)25/h1-8,11,18H,9-10H2,(H,19,23). The number of aromatic nitrogens is 2. The van der Waals surface area contributed by atoms with Gasteiger partial charge in [-0.1, -0.05) is 12.1 Å².